The van der Waals surface area contributed by atoms with Crippen LogP contribution in [0.3, 0.4) is 0 Å². The number of aryl methyl sites for hydroxylation is 1. The molecule has 0 amide bonds. The minimum absolute atomic E-state index is 0.0242. The van der Waals surface area contributed by atoms with Crippen molar-refractivity contribution in [2.45, 2.75) is 43.6 Å². The number of halogens is 5. The molecule has 0 spiro atoms. The van der Waals surface area contributed by atoms with Crippen molar-refractivity contribution < 1.29 is 33.2 Å². The lowest BCUT2D eigenvalue weighted by atomic mass is 9.92. The molecule has 3 aromatic heterocycles. The summed E-state index contributed by atoms with van der Waals surface area (Å²) in [7, 11) is 0. The van der Waals surface area contributed by atoms with E-state index in [1.54, 1.807) is 5.38 Å². The van der Waals surface area contributed by atoms with Gasteiger partial charge in [-0.3, -0.25) is 4.57 Å². The van der Waals surface area contributed by atoms with Gasteiger partial charge in [0.15, 0.2) is 5.82 Å². The fourth-order valence-electron chi connectivity index (χ4n) is 4.31. The van der Waals surface area contributed by atoms with E-state index in [0.717, 1.165) is 22.8 Å². The van der Waals surface area contributed by atoms with Crippen molar-refractivity contribution in [3.8, 4) is 16.4 Å². The Morgan fingerprint density at radius 2 is 1.89 bits per heavy atom. The zero-order valence-corrected chi connectivity index (χ0v) is 21.5. The van der Waals surface area contributed by atoms with Gasteiger partial charge in [-0.25, -0.2) is 9.67 Å². The number of alkyl halides is 3. The van der Waals surface area contributed by atoms with Crippen LogP contribution in [-0.4, -0.2) is 75.0 Å². The maximum atomic E-state index is 13.9. The van der Waals surface area contributed by atoms with Gasteiger partial charge in [-0.05, 0) is 25.1 Å². The summed E-state index contributed by atoms with van der Waals surface area (Å²) in [5.74, 6) is -0.152. The smallest absolute Gasteiger partial charge is 0.394 e. The monoisotopic (exact) mass is 591 g/mol. The molecule has 1 aliphatic rings. The summed E-state index contributed by atoms with van der Waals surface area (Å²) in [5, 5.41) is 50.3. The van der Waals surface area contributed by atoms with Gasteiger partial charge in [0.05, 0.1) is 24.1 Å². The van der Waals surface area contributed by atoms with Crippen molar-refractivity contribution in [3.05, 3.63) is 57.2 Å². The third-order valence-corrected chi connectivity index (χ3v) is 7.44. The zero-order valence-electron chi connectivity index (χ0n) is 19.2. The Hall–Kier alpha value is -2.66. The van der Waals surface area contributed by atoms with Crippen LogP contribution in [0.25, 0.3) is 16.4 Å². The van der Waals surface area contributed by atoms with E-state index in [0.29, 0.717) is 10.7 Å². The molecule has 0 saturated carbocycles. The molecule has 1 fully saturated rings. The lowest BCUT2D eigenvalue weighted by Crippen LogP contribution is -2.53. The second-order valence-corrected chi connectivity index (χ2v) is 10.1. The van der Waals surface area contributed by atoms with Gasteiger partial charge in [0, 0.05) is 10.4 Å². The van der Waals surface area contributed by atoms with Crippen molar-refractivity contribution in [2.24, 2.45) is 0 Å². The maximum absolute atomic E-state index is 13.9. The predicted molar refractivity (Wildman–Crippen MR) is 128 cm³/mol. The van der Waals surface area contributed by atoms with Crippen LogP contribution in [0.1, 0.15) is 29.4 Å². The van der Waals surface area contributed by atoms with Crippen molar-refractivity contribution in [1.82, 2.24) is 34.7 Å². The molecule has 0 aliphatic carbocycles. The molecule has 0 radical (unpaired) electrons. The summed E-state index contributed by atoms with van der Waals surface area (Å²) < 4.78 is 49.6. The van der Waals surface area contributed by atoms with Crippen LogP contribution in [0.2, 0.25) is 10.2 Å². The van der Waals surface area contributed by atoms with Crippen LogP contribution in [0.15, 0.2) is 29.8 Å². The Balaban J connectivity index is 1.59. The summed E-state index contributed by atoms with van der Waals surface area (Å²) in [6.07, 6.45) is -9.13. The van der Waals surface area contributed by atoms with Crippen molar-refractivity contribution in [3.63, 3.8) is 0 Å². The van der Waals surface area contributed by atoms with Gasteiger partial charge >= 0.3 is 6.18 Å². The average Bonchev–Trinajstić information content (AvgIpc) is 3.59. The highest BCUT2D eigenvalue weighted by Gasteiger charge is 2.49. The summed E-state index contributed by atoms with van der Waals surface area (Å²) in [6.45, 7) is 0.744. The predicted octanol–water partition coefficient (Wildman–Crippen LogP) is 3.01. The molecule has 0 bridgehead atoms. The number of aliphatic hydroxyl groups excluding tert-OH is 3. The molecule has 5 rings (SSSR count). The lowest BCUT2D eigenvalue weighted by molar-refractivity contribution is -0.210. The number of rotatable bonds is 5. The van der Waals surface area contributed by atoms with E-state index in [1.807, 2.05) is 0 Å². The van der Waals surface area contributed by atoms with Gasteiger partial charge in [0.2, 0.25) is 0 Å². The van der Waals surface area contributed by atoms with E-state index >= 15 is 0 Å². The first kappa shape index (κ1) is 26.9. The van der Waals surface area contributed by atoms with Gasteiger partial charge in [-0.1, -0.05) is 28.4 Å². The summed E-state index contributed by atoms with van der Waals surface area (Å²) in [6, 6.07) is 1.78. The third kappa shape index (κ3) is 4.79. The normalized spacial score (nSPS) is 24.2. The average molecular weight is 592 g/mol. The summed E-state index contributed by atoms with van der Waals surface area (Å²) >= 11 is 13.1. The van der Waals surface area contributed by atoms with Gasteiger partial charge in [-0.15, -0.1) is 26.6 Å². The molecule has 4 heterocycles. The van der Waals surface area contributed by atoms with E-state index in [2.05, 4.69) is 25.5 Å². The molecule has 202 valence electrons. The fraction of sp³-hybridized carbons (Fsp3) is 0.381. The SMILES string of the molecule is Cc1nnc([C@@H]2O[C@H](CO)[C@H](O)[C@H](n3cc(-c4nc(Cl)cs4)nn3)[C@H]2O)n1-c1cc(Cl)ccc1C(F)(F)F. The molecule has 3 N–H and O–H groups in total. The van der Waals surface area contributed by atoms with Gasteiger partial charge < -0.3 is 20.1 Å². The minimum Gasteiger partial charge on any atom is -0.394 e. The van der Waals surface area contributed by atoms with Crippen molar-refractivity contribution >= 4 is 34.5 Å². The van der Waals surface area contributed by atoms with E-state index in [9.17, 15) is 28.5 Å². The molecule has 5 atom stereocenters. The van der Waals surface area contributed by atoms with Crippen molar-refractivity contribution in [2.75, 3.05) is 6.61 Å². The first-order valence-corrected chi connectivity index (χ1v) is 12.6. The summed E-state index contributed by atoms with van der Waals surface area (Å²) in [4.78, 5) is 4.11. The van der Waals surface area contributed by atoms with Crippen LogP contribution >= 0.6 is 34.5 Å². The van der Waals surface area contributed by atoms with Gasteiger partial charge in [0.1, 0.15) is 52.1 Å². The van der Waals surface area contributed by atoms with Crippen LogP contribution < -0.4 is 0 Å². The molecular weight excluding hydrogens is 574 g/mol. The molecule has 0 unspecified atom stereocenters. The standard InChI is InChI=1S/C21H18Cl2F3N7O4S/c1-8-28-30-19(33(8)12-4-9(22)2-3-10(12)21(24,25)26)18-17(36)15(16(35)13(6-34)37-18)32-5-11(29-31-32)20-27-14(23)7-38-20/h2-5,7,13,15-18,34-36H,6H2,1H3/t13-,15+,16+,17-,18-/m1/s1. The molecular formula is C21H18Cl2F3N7O4S. The third-order valence-electron chi connectivity index (χ3n) is 6.01. The molecule has 4 aromatic rings. The second kappa shape index (κ2) is 10.1. The molecule has 17 heteroatoms. The largest absolute Gasteiger partial charge is 0.418 e. The number of nitrogens with zero attached hydrogens (tertiary/aromatic N) is 7. The second-order valence-electron chi connectivity index (χ2n) is 8.41. The number of hydrogen-bond donors (Lipinski definition) is 3. The molecule has 1 saturated heterocycles. The van der Waals surface area contributed by atoms with E-state index in [-0.39, 0.29) is 27.5 Å². The highest BCUT2D eigenvalue weighted by molar-refractivity contribution is 7.13. The maximum Gasteiger partial charge on any atom is 0.418 e. The van der Waals surface area contributed by atoms with Crippen LogP contribution in [0.5, 0.6) is 0 Å². The number of aliphatic hydroxyl groups is 3. The van der Waals surface area contributed by atoms with Gasteiger partial charge in [-0.2, -0.15) is 13.2 Å². The summed E-state index contributed by atoms with van der Waals surface area (Å²) in [5.41, 5.74) is -1.10. The Morgan fingerprint density at radius 3 is 2.55 bits per heavy atom. The van der Waals surface area contributed by atoms with E-state index < -0.39 is 48.8 Å². The Kier molecular flexibility index (Phi) is 7.19. The van der Waals surface area contributed by atoms with Crippen molar-refractivity contribution in [1.29, 1.82) is 0 Å². The molecule has 1 aliphatic heterocycles. The topological polar surface area (TPSA) is 144 Å². The Bertz CT molecular complexity index is 1460. The highest BCUT2D eigenvalue weighted by Crippen LogP contribution is 2.41. The van der Waals surface area contributed by atoms with Gasteiger partial charge in [0.25, 0.3) is 0 Å². The van der Waals surface area contributed by atoms with Crippen LogP contribution in [0, 0.1) is 6.92 Å². The zero-order chi connectivity index (χ0) is 27.4. The number of hydrogen-bond acceptors (Lipinski definition) is 10. The first-order chi connectivity index (χ1) is 18.0. The number of ether oxygens (including phenoxy) is 1. The van der Waals surface area contributed by atoms with Crippen LogP contribution in [-0.2, 0) is 10.9 Å². The van der Waals surface area contributed by atoms with E-state index in [1.165, 1.54) is 29.1 Å². The quantitative estimate of drug-likeness (QED) is 0.319. The number of benzene rings is 1. The Morgan fingerprint density at radius 1 is 1.13 bits per heavy atom. The fourth-order valence-corrected chi connectivity index (χ4v) is 5.37. The number of thiazole rings is 1. The van der Waals surface area contributed by atoms with Crippen LogP contribution in [0.4, 0.5) is 13.2 Å². The molecule has 11 nitrogen and oxygen atoms in total. The highest BCUT2D eigenvalue weighted by atomic mass is 35.5. The lowest BCUT2D eigenvalue weighted by Gasteiger charge is -2.41. The molecule has 1 aromatic carbocycles. The Labute approximate surface area is 226 Å². The first-order valence-electron chi connectivity index (χ1n) is 10.9. The minimum atomic E-state index is -4.75. The van der Waals surface area contributed by atoms with E-state index in [4.69, 9.17) is 27.9 Å². The number of aromatic nitrogens is 7. The molecule has 38 heavy (non-hydrogen) atoms.